The second-order valence-corrected chi connectivity index (χ2v) is 5.09. The van der Waals surface area contributed by atoms with E-state index in [1.807, 2.05) is 0 Å². The first-order chi connectivity index (χ1) is 8.99. The molecule has 19 heavy (non-hydrogen) atoms. The summed E-state index contributed by atoms with van der Waals surface area (Å²) in [6.45, 7) is 1.70. The zero-order chi connectivity index (χ0) is 14.0. The maximum Gasteiger partial charge on any atom is 0.258 e. The summed E-state index contributed by atoms with van der Waals surface area (Å²) in [5.74, 6) is -0.769. The fraction of sp³-hybridized carbons (Fsp3) is 0.0769. The van der Waals surface area contributed by atoms with Crippen molar-refractivity contribution in [3.63, 3.8) is 0 Å². The van der Waals surface area contributed by atoms with E-state index >= 15 is 0 Å². The molecule has 98 valence electrons. The van der Waals surface area contributed by atoms with Crippen LogP contribution >= 0.6 is 27.5 Å². The molecule has 2 rings (SSSR count). The number of hydrogen-bond donors (Lipinski definition) is 1. The van der Waals surface area contributed by atoms with Gasteiger partial charge in [-0.2, -0.15) is 0 Å². The number of rotatable bonds is 2. The molecule has 0 saturated carbocycles. The van der Waals surface area contributed by atoms with Crippen LogP contribution in [-0.4, -0.2) is 10.9 Å². The van der Waals surface area contributed by atoms with Crippen molar-refractivity contribution in [1.82, 2.24) is 4.98 Å². The van der Waals surface area contributed by atoms with Gasteiger partial charge in [-0.05, 0) is 52.7 Å². The highest BCUT2D eigenvalue weighted by molar-refractivity contribution is 9.10. The van der Waals surface area contributed by atoms with Gasteiger partial charge in [0, 0.05) is 11.9 Å². The van der Waals surface area contributed by atoms with Gasteiger partial charge in [0.2, 0.25) is 0 Å². The normalized spacial score (nSPS) is 10.3. The molecule has 0 fully saturated rings. The van der Waals surface area contributed by atoms with Crippen molar-refractivity contribution >= 4 is 39.1 Å². The number of nitrogens with one attached hydrogen (secondary N) is 1. The molecule has 1 amide bonds. The van der Waals surface area contributed by atoms with Crippen molar-refractivity contribution in [1.29, 1.82) is 0 Å². The molecular formula is C13H9BrClFN2O. The smallest absolute Gasteiger partial charge is 0.258 e. The van der Waals surface area contributed by atoms with Crippen LogP contribution in [0.25, 0.3) is 0 Å². The van der Waals surface area contributed by atoms with Crippen molar-refractivity contribution in [2.45, 2.75) is 6.92 Å². The zero-order valence-electron chi connectivity index (χ0n) is 9.88. The minimum atomic E-state index is -0.389. The maximum absolute atomic E-state index is 13.3. The Labute approximate surface area is 122 Å². The number of aryl methyl sites for hydroxylation is 1. The van der Waals surface area contributed by atoms with E-state index < -0.39 is 0 Å². The standard InChI is InChI=1S/C13H9BrClFN2O/c1-7-5-10(16)9(14)6-11(7)18-13(19)8-3-2-4-17-12(8)15/h2-6H,1H3,(H,18,19). The Morgan fingerprint density at radius 1 is 1.47 bits per heavy atom. The molecule has 1 aromatic carbocycles. The van der Waals surface area contributed by atoms with E-state index in [9.17, 15) is 9.18 Å². The Bertz CT molecular complexity index is 649. The molecular weight excluding hydrogens is 335 g/mol. The number of hydrogen-bond acceptors (Lipinski definition) is 2. The Morgan fingerprint density at radius 3 is 2.89 bits per heavy atom. The van der Waals surface area contributed by atoms with Crippen LogP contribution in [0.4, 0.5) is 10.1 Å². The summed E-state index contributed by atoms with van der Waals surface area (Å²) < 4.78 is 13.6. The third kappa shape index (κ3) is 3.11. The Morgan fingerprint density at radius 2 is 2.21 bits per heavy atom. The first kappa shape index (κ1) is 14.0. The Balaban J connectivity index is 2.30. The summed E-state index contributed by atoms with van der Waals surface area (Å²) in [7, 11) is 0. The van der Waals surface area contributed by atoms with E-state index in [4.69, 9.17) is 11.6 Å². The molecule has 0 saturated heterocycles. The monoisotopic (exact) mass is 342 g/mol. The summed E-state index contributed by atoms with van der Waals surface area (Å²) in [6, 6.07) is 6.03. The number of carbonyl (C=O) groups excluding carboxylic acids is 1. The topological polar surface area (TPSA) is 42.0 Å². The lowest BCUT2D eigenvalue weighted by molar-refractivity contribution is 0.102. The van der Waals surface area contributed by atoms with Crippen LogP contribution in [0.1, 0.15) is 15.9 Å². The summed E-state index contributed by atoms with van der Waals surface area (Å²) in [5, 5.41) is 2.80. The summed E-state index contributed by atoms with van der Waals surface area (Å²) >= 11 is 8.92. The molecule has 0 aliphatic rings. The predicted octanol–water partition coefficient (Wildman–Crippen LogP) is 4.20. The predicted molar refractivity (Wildman–Crippen MR) is 76.0 cm³/mol. The van der Waals surface area contributed by atoms with Crippen molar-refractivity contribution in [3.05, 3.63) is 57.0 Å². The molecule has 0 bridgehead atoms. The number of amides is 1. The highest BCUT2D eigenvalue weighted by Crippen LogP contribution is 2.25. The first-order valence-corrected chi connectivity index (χ1v) is 6.53. The van der Waals surface area contributed by atoms with Crippen LogP contribution in [0.5, 0.6) is 0 Å². The van der Waals surface area contributed by atoms with Crippen molar-refractivity contribution in [2.24, 2.45) is 0 Å². The number of nitrogens with zero attached hydrogens (tertiary/aromatic N) is 1. The molecule has 2 aromatic rings. The van der Waals surface area contributed by atoms with E-state index in [1.54, 1.807) is 19.1 Å². The number of anilines is 1. The van der Waals surface area contributed by atoms with Crippen molar-refractivity contribution < 1.29 is 9.18 Å². The lowest BCUT2D eigenvalue weighted by Crippen LogP contribution is -2.14. The Hall–Kier alpha value is -1.46. The van der Waals surface area contributed by atoms with Crippen molar-refractivity contribution in [2.75, 3.05) is 5.32 Å². The summed E-state index contributed by atoms with van der Waals surface area (Å²) in [4.78, 5) is 15.9. The SMILES string of the molecule is Cc1cc(F)c(Br)cc1NC(=O)c1cccnc1Cl. The first-order valence-electron chi connectivity index (χ1n) is 5.36. The highest BCUT2D eigenvalue weighted by Gasteiger charge is 2.13. The third-order valence-electron chi connectivity index (χ3n) is 2.52. The molecule has 6 heteroatoms. The molecule has 1 N–H and O–H groups in total. The third-order valence-corrected chi connectivity index (χ3v) is 3.43. The van der Waals surface area contributed by atoms with Crippen molar-refractivity contribution in [3.8, 4) is 0 Å². The van der Waals surface area contributed by atoms with E-state index in [0.717, 1.165) is 0 Å². The summed E-state index contributed by atoms with van der Waals surface area (Å²) in [5.41, 5.74) is 1.40. The molecule has 3 nitrogen and oxygen atoms in total. The average molecular weight is 344 g/mol. The van der Waals surface area contributed by atoms with Crippen LogP contribution in [-0.2, 0) is 0 Å². The fourth-order valence-corrected chi connectivity index (χ4v) is 2.07. The maximum atomic E-state index is 13.3. The quantitative estimate of drug-likeness (QED) is 0.831. The highest BCUT2D eigenvalue weighted by atomic mass is 79.9. The molecule has 0 radical (unpaired) electrons. The number of pyridine rings is 1. The lowest BCUT2D eigenvalue weighted by Gasteiger charge is -2.10. The number of carbonyl (C=O) groups is 1. The largest absolute Gasteiger partial charge is 0.322 e. The molecule has 0 unspecified atom stereocenters. The number of aromatic nitrogens is 1. The van der Waals surface area contributed by atoms with Gasteiger partial charge in [0.05, 0.1) is 10.0 Å². The van der Waals surface area contributed by atoms with Gasteiger partial charge in [-0.1, -0.05) is 11.6 Å². The minimum absolute atomic E-state index is 0.124. The van der Waals surface area contributed by atoms with Crippen LogP contribution in [0.2, 0.25) is 5.15 Å². The molecule has 0 aliphatic carbocycles. The van der Waals surface area contributed by atoms with E-state index in [1.165, 1.54) is 18.3 Å². The van der Waals surface area contributed by atoms with Gasteiger partial charge in [0.1, 0.15) is 11.0 Å². The Kier molecular flexibility index (Phi) is 4.17. The molecule has 1 heterocycles. The van der Waals surface area contributed by atoms with Gasteiger partial charge < -0.3 is 5.32 Å². The number of halogens is 3. The number of benzene rings is 1. The van der Waals surface area contributed by atoms with Gasteiger partial charge in [-0.15, -0.1) is 0 Å². The molecule has 0 spiro atoms. The average Bonchev–Trinajstić information content (AvgIpc) is 2.36. The zero-order valence-corrected chi connectivity index (χ0v) is 12.2. The molecule has 0 atom stereocenters. The second-order valence-electron chi connectivity index (χ2n) is 3.88. The van der Waals surface area contributed by atoms with Crippen LogP contribution in [0, 0.1) is 12.7 Å². The van der Waals surface area contributed by atoms with Gasteiger partial charge in [0.15, 0.2) is 0 Å². The van der Waals surface area contributed by atoms with Gasteiger partial charge in [-0.3, -0.25) is 4.79 Å². The van der Waals surface area contributed by atoms with E-state index in [-0.39, 0.29) is 26.9 Å². The van der Waals surface area contributed by atoms with Gasteiger partial charge >= 0.3 is 0 Å². The van der Waals surface area contributed by atoms with Crippen LogP contribution in [0.15, 0.2) is 34.9 Å². The van der Waals surface area contributed by atoms with Crippen LogP contribution in [0.3, 0.4) is 0 Å². The second kappa shape index (κ2) is 5.67. The minimum Gasteiger partial charge on any atom is -0.322 e. The van der Waals surface area contributed by atoms with Gasteiger partial charge in [-0.25, -0.2) is 9.37 Å². The van der Waals surface area contributed by atoms with E-state index in [2.05, 4.69) is 26.2 Å². The fourth-order valence-electron chi connectivity index (χ4n) is 1.53. The van der Waals surface area contributed by atoms with Crippen LogP contribution < -0.4 is 5.32 Å². The molecule has 1 aromatic heterocycles. The lowest BCUT2D eigenvalue weighted by atomic mass is 10.2. The van der Waals surface area contributed by atoms with E-state index in [0.29, 0.717) is 11.3 Å². The van der Waals surface area contributed by atoms with Gasteiger partial charge in [0.25, 0.3) is 5.91 Å². The molecule has 0 aliphatic heterocycles. The summed E-state index contributed by atoms with van der Waals surface area (Å²) in [6.07, 6.45) is 1.50.